The maximum Gasteiger partial charge on any atom is 0.411 e. The maximum absolute atomic E-state index is 17.4. The van der Waals surface area contributed by atoms with Gasteiger partial charge in [0, 0.05) is 44.6 Å². The largest absolute Gasteiger partial charge is 0.468 e. The summed E-state index contributed by atoms with van der Waals surface area (Å²) in [4.78, 5) is 41.3. The van der Waals surface area contributed by atoms with Crippen molar-refractivity contribution in [3.8, 4) is 22.9 Å². The van der Waals surface area contributed by atoms with Crippen molar-refractivity contribution in [1.82, 2.24) is 19.8 Å². The highest BCUT2D eigenvalue weighted by atomic mass is 19.1. The first kappa shape index (κ1) is 41.0. The minimum atomic E-state index is -0.879. The van der Waals surface area contributed by atoms with Crippen LogP contribution >= 0.6 is 0 Å². The second kappa shape index (κ2) is 16.0. The first-order valence-electron chi connectivity index (χ1n) is 20.3. The van der Waals surface area contributed by atoms with E-state index in [9.17, 15) is 9.59 Å². The molecule has 0 radical (unpaired) electrons. The van der Waals surface area contributed by atoms with E-state index in [2.05, 4.69) is 4.98 Å². The van der Waals surface area contributed by atoms with E-state index in [1.54, 1.807) is 25.2 Å². The molecule has 2 amide bonds. The van der Waals surface area contributed by atoms with Gasteiger partial charge in [-0.2, -0.15) is 9.97 Å². The predicted octanol–water partition coefficient (Wildman–Crippen LogP) is 9.12. The van der Waals surface area contributed by atoms with Crippen molar-refractivity contribution < 1.29 is 42.1 Å². The zero-order valence-electron chi connectivity index (χ0n) is 34.9. The number of halogens is 2. The normalized spacial score (nSPS) is 19.4. The average Bonchev–Trinajstić information content (AvgIpc) is 3.94. The second-order valence-electron chi connectivity index (χ2n) is 17.6. The molecule has 316 valence electrons. The number of benzene rings is 4. The van der Waals surface area contributed by atoms with Gasteiger partial charge in [-0.1, -0.05) is 54.6 Å². The van der Waals surface area contributed by atoms with Crippen LogP contribution in [0.3, 0.4) is 0 Å². The Morgan fingerprint density at radius 2 is 1.70 bits per heavy atom. The summed E-state index contributed by atoms with van der Waals surface area (Å²) in [5.74, 6) is -0.994. The number of nitrogens with zero attached hydrogens (tertiary/aromatic N) is 5. The number of carbonyl (C=O) groups is 2. The lowest BCUT2D eigenvalue weighted by Crippen LogP contribution is -2.63. The molecule has 3 fully saturated rings. The van der Waals surface area contributed by atoms with Crippen LogP contribution in [0.5, 0.6) is 11.8 Å². The molecular formula is C46H51F2N5O7. The van der Waals surface area contributed by atoms with Gasteiger partial charge in [-0.15, -0.1) is 0 Å². The third-order valence-corrected chi connectivity index (χ3v) is 11.7. The van der Waals surface area contributed by atoms with Crippen LogP contribution in [-0.2, 0) is 20.8 Å². The van der Waals surface area contributed by atoms with Crippen molar-refractivity contribution in [1.29, 1.82) is 0 Å². The highest BCUT2D eigenvalue weighted by Crippen LogP contribution is 2.48. The Balaban J connectivity index is 1.15. The number of hydrogen-bond donors (Lipinski definition) is 0. The molecule has 0 unspecified atom stereocenters. The smallest absolute Gasteiger partial charge is 0.411 e. The number of amides is 2. The number of carbonyl (C=O) groups excluding carboxylic acids is 2. The molecule has 1 aliphatic carbocycles. The van der Waals surface area contributed by atoms with E-state index >= 15 is 8.78 Å². The van der Waals surface area contributed by atoms with E-state index in [1.807, 2.05) is 86.0 Å². The fourth-order valence-electron chi connectivity index (χ4n) is 8.62. The van der Waals surface area contributed by atoms with Crippen LogP contribution in [0.4, 0.5) is 24.2 Å². The summed E-state index contributed by atoms with van der Waals surface area (Å²) in [6.45, 7) is 8.83. The summed E-state index contributed by atoms with van der Waals surface area (Å²) in [5, 5.41) is 1.52. The fourth-order valence-corrected chi connectivity index (χ4v) is 8.62. The first-order chi connectivity index (χ1) is 28.7. The van der Waals surface area contributed by atoms with E-state index in [-0.39, 0.29) is 54.1 Å². The molecule has 3 aliphatic rings. The Hall–Kier alpha value is -5.76. The number of rotatable bonds is 12. The highest BCUT2D eigenvalue weighted by Gasteiger charge is 2.52. The van der Waals surface area contributed by atoms with E-state index in [0.717, 1.165) is 30.2 Å². The van der Waals surface area contributed by atoms with Gasteiger partial charge >= 0.3 is 18.2 Å². The topological polar surface area (TPSA) is 116 Å². The van der Waals surface area contributed by atoms with Crippen LogP contribution in [-0.4, -0.2) is 96.3 Å². The number of fused-ring (bicyclic) bond motifs is 4. The molecule has 12 nitrogen and oxygen atoms in total. The summed E-state index contributed by atoms with van der Waals surface area (Å²) >= 11 is 0. The molecule has 2 atom stereocenters. The van der Waals surface area contributed by atoms with Crippen molar-refractivity contribution in [3.63, 3.8) is 0 Å². The van der Waals surface area contributed by atoms with Crippen LogP contribution in [0.15, 0.2) is 72.8 Å². The lowest BCUT2D eigenvalue weighted by Gasteiger charge is -2.47. The highest BCUT2D eigenvalue weighted by molar-refractivity contribution is 6.01. The maximum atomic E-state index is 17.4. The lowest BCUT2D eigenvalue weighted by atomic mass is 9.95. The summed E-state index contributed by atoms with van der Waals surface area (Å²) in [6, 6.07) is 21.1. The Morgan fingerprint density at radius 1 is 0.950 bits per heavy atom. The first-order valence-corrected chi connectivity index (χ1v) is 20.3. The molecule has 3 heterocycles. The average molecular weight is 824 g/mol. The minimum absolute atomic E-state index is 0.0506. The molecule has 2 bridgehead atoms. The summed E-state index contributed by atoms with van der Waals surface area (Å²) < 4.78 is 62.7. The van der Waals surface area contributed by atoms with E-state index in [1.165, 1.54) is 18.1 Å². The molecule has 0 spiro atoms. The van der Waals surface area contributed by atoms with Gasteiger partial charge in [-0.05, 0) is 93.5 Å². The summed E-state index contributed by atoms with van der Waals surface area (Å²) in [6.07, 6.45) is 2.17. The number of piperazine rings is 1. The lowest BCUT2D eigenvalue weighted by molar-refractivity contribution is -0.00282. The molecule has 2 saturated heterocycles. The van der Waals surface area contributed by atoms with E-state index < -0.39 is 40.4 Å². The molecule has 1 aromatic heterocycles. The Morgan fingerprint density at radius 3 is 2.42 bits per heavy atom. The number of methoxy groups -OCH3 is 1. The number of anilines is 1. The van der Waals surface area contributed by atoms with Crippen LogP contribution in [0.1, 0.15) is 58.9 Å². The Bertz CT molecular complexity index is 2420. The molecule has 0 N–H and O–H groups in total. The van der Waals surface area contributed by atoms with Gasteiger partial charge in [0.05, 0.1) is 23.8 Å². The molecule has 1 saturated carbocycles. The van der Waals surface area contributed by atoms with Crippen molar-refractivity contribution in [2.75, 3.05) is 52.1 Å². The molecule has 60 heavy (non-hydrogen) atoms. The van der Waals surface area contributed by atoms with Crippen LogP contribution in [0, 0.1) is 17.0 Å². The quantitative estimate of drug-likeness (QED) is 0.113. The Labute approximate surface area is 348 Å². The van der Waals surface area contributed by atoms with Gasteiger partial charge in [0.15, 0.2) is 12.6 Å². The molecule has 5 aromatic rings. The molecule has 14 heteroatoms. The van der Waals surface area contributed by atoms with Gasteiger partial charge in [0.25, 0.3) is 0 Å². The molecular weight excluding hydrogens is 773 g/mol. The van der Waals surface area contributed by atoms with E-state index in [0.29, 0.717) is 43.0 Å². The molecule has 8 rings (SSSR count). The van der Waals surface area contributed by atoms with Gasteiger partial charge in [-0.3, -0.25) is 4.90 Å². The summed E-state index contributed by atoms with van der Waals surface area (Å²) in [7, 11) is 3.18. The van der Waals surface area contributed by atoms with Crippen molar-refractivity contribution in [2.24, 2.45) is 5.41 Å². The third kappa shape index (κ3) is 8.34. The van der Waals surface area contributed by atoms with E-state index in [4.69, 9.17) is 28.7 Å². The van der Waals surface area contributed by atoms with Crippen LogP contribution < -0.4 is 14.4 Å². The number of aromatic nitrogens is 2. The zero-order valence-corrected chi connectivity index (χ0v) is 34.9. The predicted molar refractivity (Wildman–Crippen MR) is 223 cm³/mol. The van der Waals surface area contributed by atoms with Gasteiger partial charge < -0.3 is 33.5 Å². The van der Waals surface area contributed by atoms with Crippen LogP contribution in [0.25, 0.3) is 32.8 Å². The SMILES string of the molecule is COCOc1cc(-c2c(F)cc3c(N4C[C@H]5CC[C@@](C)(C4)N5C(=O)OC(C)(C)C)nc(OCC4(CN(C)C(=O)OCc5ccccc5)CC4)nc3c2F)c2ccccc2c1. The van der Waals surface area contributed by atoms with Crippen LogP contribution in [0.2, 0.25) is 0 Å². The molecule has 4 aromatic carbocycles. The van der Waals surface area contributed by atoms with Gasteiger partial charge in [0.1, 0.15) is 35.1 Å². The second-order valence-corrected chi connectivity index (χ2v) is 17.6. The van der Waals surface area contributed by atoms with Crippen molar-refractivity contribution in [3.05, 3.63) is 90.0 Å². The monoisotopic (exact) mass is 823 g/mol. The Kier molecular flexibility index (Phi) is 10.9. The fraction of sp³-hybridized carbons (Fsp3) is 0.435. The van der Waals surface area contributed by atoms with Gasteiger partial charge in [0.2, 0.25) is 0 Å². The number of hydrogen-bond acceptors (Lipinski definition) is 10. The van der Waals surface area contributed by atoms with Gasteiger partial charge in [-0.25, -0.2) is 18.4 Å². The molecule has 2 aliphatic heterocycles. The number of ether oxygens (including phenoxy) is 5. The standard InChI is InChI=1S/C46H51F2N5O7/c1-44(2,3)60-43(55)53-31-16-17-45(53,4)25-52(23-31)40-35-22-36(47)37(34-21-32(59-28-56-6)20-30-14-10-11-15-33(30)34)38(48)39(35)49-41(50-40)58-27-46(18-19-46)26-51(5)42(54)57-24-29-12-8-7-9-13-29/h7-15,20-22,31H,16-19,23-28H2,1-6H3/t31-,45+/m1/s1. The zero-order chi connectivity index (χ0) is 42.4. The minimum Gasteiger partial charge on any atom is -0.468 e. The third-order valence-electron chi connectivity index (χ3n) is 11.7. The summed E-state index contributed by atoms with van der Waals surface area (Å²) in [5.41, 5.74) is -0.918. The van der Waals surface area contributed by atoms with Crippen molar-refractivity contribution >= 4 is 39.7 Å². The van der Waals surface area contributed by atoms with Crippen molar-refractivity contribution in [2.45, 2.75) is 77.2 Å².